The van der Waals surface area contributed by atoms with E-state index in [2.05, 4.69) is 32.0 Å². The first-order valence-corrected chi connectivity index (χ1v) is 8.41. The Morgan fingerprint density at radius 1 is 1.16 bits per heavy atom. The van der Waals surface area contributed by atoms with Gasteiger partial charge in [-0.1, -0.05) is 12.1 Å². The molecule has 1 fully saturated rings. The largest absolute Gasteiger partial charge is 0.371 e. The summed E-state index contributed by atoms with van der Waals surface area (Å²) in [7, 11) is 0. The Hall–Kier alpha value is -2.96. The first-order chi connectivity index (χ1) is 12.3. The number of fused-ring (bicyclic) bond motifs is 2. The molecule has 2 aromatic heterocycles. The second-order valence-electron chi connectivity index (χ2n) is 6.43. The number of halogens is 1. The molecule has 1 atom stereocenters. The molecule has 5 rings (SSSR count). The molecule has 4 heterocycles. The van der Waals surface area contributed by atoms with Gasteiger partial charge in [-0.3, -0.25) is 4.57 Å². The minimum atomic E-state index is -0.279. The van der Waals surface area contributed by atoms with Crippen molar-refractivity contribution in [2.45, 2.75) is 12.5 Å². The lowest BCUT2D eigenvalue weighted by Crippen LogP contribution is -2.49. The second-order valence-corrected chi connectivity index (χ2v) is 6.43. The lowest BCUT2D eigenvalue weighted by Gasteiger charge is -2.38. The Balaban J connectivity index is 1.52. The van der Waals surface area contributed by atoms with E-state index in [0.717, 1.165) is 26.1 Å². The van der Waals surface area contributed by atoms with E-state index in [9.17, 15) is 4.39 Å². The zero-order chi connectivity index (χ0) is 16.8. The van der Waals surface area contributed by atoms with Crippen LogP contribution in [0.3, 0.4) is 0 Å². The summed E-state index contributed by atoms with van der Waals surface area (Å²) in [5, 5.41) is 0. The highest BCUT2D eigenvalue weighted by molar-refractivity contribution is 5.73. The molecule has 2 aliphatic rings. The number of piperazine rings is 1. The minimum absolute atomic E-state index is 0.279. The van der Waals surface area contributed by atoms with Gasteiger partial charge in [0.15, 0.2) is 5.65 Å². The predicted molar refractivity (Wildman–Crippen MR) is 93.1 cm³/mol. The lowest BCUT2D eigenvalue weighted by atomic mass is 10.1. The van der Waals surface area contributed by atoms with Crippen LogP contribution in [0.4, 0.5) is 10.3 Å². The van der Waals surface area contributed by atoms with E-state index < -0.39 is 0 Å². The molecule has 0 N–H and O–H groups in total. The van der Waals surface area contributed by atoms with Gasteiger partial charge < -0.3 is 9.80 Å². The second kappa shape index (κ2) is 5.54. The molecule has 0 amide bonds. The molecule has 126 valence electrons. The number of nitrogens with zero attached hydrogens (tertiary/aromatic N) is 6. The molecule has 1 aromatic carbocycles. The number of aromatic nitrogens is 4. The number of hydrogen-bond acceptors (Lipinski definition) is 5. The van der Waals surface area contributed by atoms with Crippen molar-refractivity contribution in [3.8, 4) is 5.69 Å². The van der Waals surface area contributed by atoms with Crippen molar-refractivity contribution < 1.29 is 4.39 Å². The third-order valence-electron chi connectivity index (χ3n) is 4.88. The van der Waals surface area contributed by atoms with Crippen LogP contribution in [-0.4, -0.2) is 50.1 Å². The van der Waals surface area contributed by atoms with Crippen LogP contribution in [0.2, 0.25) is 0 Å². The maximum atomic E-state index is 13.6. The van der Waals surface area contributed by atoms with Gasteiger partial charge in [-0.05, 0) is 30.8 Å². The summed E-state index contributed by atoms with van der Waals surface area (Å²) < 4.78 is 15.4. The van der Waals surface area contributed by atoms with E-state index >= 15 is 0 Å². The van der Waals surface area contributed by atoms with Gasteiger partial charge in [0.25, 0.3) is 0 Å². The van der Waals surface area contributed by atoms with E-state index in [1.54, 1.807) is 23.2 Å². The molecule has 1 saturated heterocycles. The Kier molecular flexibility index (Phi) is 3.19. The van der Waals surface area contributed by atoms with Crippen LogP contribution in [0.25, 0.3) is 16.9 Å². The molecule has 0 radical (unpaired) electrons. The van der Waals surface area contributed by atoms with Crippen molar-refractivity contribution in [3.05, 3.63) is 54.9 Å². The van der Waals surface area contributed by atoms with Gasteiger partial charge in [-0.2, -0.15) is 4.98 Å². The summed E-state index contributed by atoms with van der Waals surface area (Å²) >= 11 is 0. The fourth-order valence-corrected chi connectivity index (χ4v) is 3.58. The number of rotatable bonds is 2. The average molecular weight is 336 g/mol. The first kappa shape index (κ1) is 14.4. The molecular weight excluding hydrogens is 319 g/mol. The number of hydrogen-bond donors (Lipinski definition) is 0. The summed E-state index contributed by atoms with van der Waals surface area (Å²) in [5.74, 6) is 0.427. The molecule has 25 heavy (non-hydrogen) atoms. The van der Waals surface area contributed by atoms with Gasteiger partial charge >= 0.3 is 0 Å². The number of anilines is 1. The van der Waals surface area contributed by atoms with Crippen molar-refractivity contribution in [1.29, 1.82) is 0 Å². The highest BCUT2D eigenvalue weighted by atomic mass is 19.1. The first-order valence-electron chi connectivity index (χ1n) is 8.41. The zero-order valence-corrected chi connectivity index (χ0v) is 13.6. The van der Waals surface area contributed by atoms with Gasteiger partial charge in [-0.25, -0.2) is 14.4 Å². The highest BCUT2D eigenvalue weighted by Crippen LogP contribution is 2.24. The van der Waals surface area contributed by atoms with Crippen molar-refractivity contribution >= 4 is 17.1 Å². The monoisotopic (exact) mass is 336 g/mol. The third kappa shape index (κ3) is 2.43. The summed E-state index contributed by atoms with van der Waals surface area (Å²) in [6.45, 7) is 2.78. The van der Waals surface area contributed by atoms with Crippen LogP contribution < -0.4 is 4.90 Å². The summed E-state index contributed by atoms with van der Waals surface area (Å²) in [4.78, 5) is 18.2. The maximum Gasteiger partial charge on any atom is 0.227 e. The fraction of sp³-hybridized carbons (Fsp3) is 0.278. The van der Waals surface area contributed by atoms with Crippen LogP contribution in [0.5, 0.6) is 0 Å². The average Bonchev–Trinajstić information content (AvgIpc) is 3.27. The minimum Gasteiger partial charge on any atom is -0.371 e. The SMILES string of the molecule is Fc1cccc(-n2cnc3cnc(N4CCN5C=CCC5C4)nc32)c1. The Bertz CT molecular complexity index is 965. The van der Waals surface area contributed by atoms with E-state index in [1.165, 1.54) is 12.1 Å². The Morgan fingerprint density at radius 2 is 2.12 bits per heavy atom. The van der Waals surface area contributed by atoms with Crippen LogP contribution >= 0.6 is 0 Å². The topological polar surface area (TPSA) is 50.1 Å². The highest BCUT2D eigenvalue weighted by Gasteiger charge is 2.28. The van der Waals surface area contributed by atoms with Crippen molar-refractivity contribution in [3.63, 3.8) is 0 Å². The molecule has 2 aliphatic heterocycles. The van der Waals surface area contributed by atoms with Gasteiger partial charge in [0.05, 0.1) is 11.9 Å². The summed E-state index contributed by atoms with van der Waals surface area (Å²) in [6, 6.07) is 6.94. The Morgan fingerprint density at radius 3 is 3.04 bits per heavy atom. The van der Waals surface area contributed by atoms with Gasteiger partial charge in [0.1, 0.15) is 17.7 Å². The van der Waals surface area contributed by atoms with E-state index in [0.29, 0.717) is 28.8 Å². The summed E-state index contributed by atoms with van der Waals surface area (Å²) in [6.07, 6.45) is 8.88. The summed E-state index contributed by atoms with van der Waals surface area (Å²) in [5.41, 5.74) is 2.11. The standard InChI is InChI=1S/C18H17FN6/c19-13-3-1-4-14(9-13)25-12-21-16-10-20-18(22-17(16)25)24-8-7-23-6-2-5-15(23)11-24/h1-4,6,9-10,12,15H,5,7-8,11H2. The molecule has 0 bridgehead atoms. The van der Waals surface area contributed by atoms with E-state index in [1.807, 2.05) is 6.07 Å². The van der Waals surface area contributed by atoms with Crippen LogP contribution in [0.15, 0.2) is 49.1 Å². The number of imidazole rings is 1. The molecule has 1 unspecified atom stereocenters. The molecule has 0 spiro atoms. The van der Waals surface area contributed by atoms with Crippen LogP contribution in [0, 0.1) is 5.82 Å². The third-order valence-corrected chi connectivity index (χ3v) is 4.88. The van der Waals surface area contributed by atoms with Gasteiger partial charge in [-0.15, -0.1) is 0 Å². The van der Waals surface area contributed by atoms with Crippen molar-refractivity contribution in [2.75, 3.05) is 24.5 Å². The fourth-order valence-electron chi connectivity index (χ4n) is 3.58. The lowest BCUT2D eigenvalue weighted by molar-refractivity contribution is 0.269. The van der Waals surface area contributed by atoms with Gasteiger partial charge in [0.2, 0.25) is 5.95 Å². The van der Waals surface area contributed by atoms with Crippen LogP contribution in [-0.2, 0) is 0 Å². The molecule has 0 saturated carbocycles. The zero-order valence-electron chi connectivity index (χ0n) is 13.6. The quantitative estimate of drug-likeness (QED) is 0.719. The number of benzene rings is 1. The predicted octanol–water partition coefficient (Wildman–Crippen LogP) is 2.36. The van der Waals surface area contributed by atoms with Gasteiger partial charge in [0, 0.05) is 25.7 Å². The normalized spacial score (nSPS) is 19.6. The molecular formula is C18H17FN6. The molecule has 3 aromatic rings. The smallest absolute Gasteiger partial charge is 0.227 e. The molecule has 6 nitrogen and oxygen atoms in total. The van der Waals surface area contributed by atoms with Crippen molar-refractivity contribution in [1.82, 2.24) is 24.4 Å². The maximum absolute atomic E-state index is 13.6. The Labute approximate surface area is 144 Å². The van der Waals surface area contributed by atoms with E-state index in [-0.39, 0.29) is 5.82 Å². The van der Waals surface area contributed by atoms with Crippen molar-refractivity contribution in [2.24, 2.45) is 0 Å². The molecule has 7 heteroatoms. The van der Waals surface area contributed by atoms with Crippen LogP contribution in [0.1, 0.15) is 6.42 Å². The molecule has 0 aliphatic carbocycles. The van der Waals surface area contributed by atoms with E-state index in [4.69, 9.17) is 4.98 Å².